The van der Waals surface area contributed by atoms with E-state index >= 15 is 0 Å². The maximum Gasteiger partial charge on any atom is 0.332 e. The number of urea groups is 1. The van der Waals surface area contributed by atoms with E-state index in [-0.39, 0.29) is 4.90 Å². The van der Waals surface area contributed by atoms with Gasteiger partial charge in [-0.1, -0.05) is 0 Å². The highest BCUT2D eigenvalue weighted by atomic mass is 19.3. The summed E-state index contributed by atoms with van der Waals surface area (Å²) in [7, 11) is 0. The van der Waals surface area contributed by atoms with Gasteiger partial charge >= 0.3 is 17.8 Å². The van der Waals surface area contributed by atoms with Gasteiger partial charge in [0.25, 0.3) is 6.43 Å². The van der Waals surface area contributed by atoms with Crippen LogP contribution in [0.5, 0.6) is 0 Å². The summed E-state index contributed by atoms with van der Waals surface area (Å²) in [6.07, 6.45) is -2.86. The second-order valence-corrected chi connectivity index (χ2v) is 2.51. The quantitative estimate of drug-likeness (QED) is 0.483. The van der Waals surface area contributed by atoms with Crippen LogP contribution in [-0.4, -0.2) is 35.2 Å². The highest BCUT2D eigenvalue weighted by molar-refractivity contribution is 6.44. The molecule has 0 aromatic rings. The van der Waals surface area contributed by atoms with Gasteiger partial charge in [-0.15, -0.1) is 0 Å². The fourth-order valence-electron chi connectivity index (χ4n) is 0.895. The molecule has 72 valence electrons. The summed E-state index contributed by atoms with van der Waals surface area (Å²) in [6.45, 7) is 0.987. The van der Waals surface area contributed by atoms with Gasteiger partial charge in [0, 0.05) is 0 Å². The number of halogens is 2. The molecular formula is C6H6F2N2O3. The zero-order valence-corrected chi connectivity index (χ0v) is 6.58. The van der Waals surface area contributed by atoms with Crippen LogP contribution < -0.4 is 5.32 Å². The number of carbonyl (C=O) groups excluding carboxylic acids is 3. The van der Waals surface area contributed by atoms with Crippen molar-refractivity contribution in [3.8, 4) is 0 Å². The Bertz CT molecular complexity index is 279. The predicted molar refractivity (Wildman–Crippen MR) is 35.9 cm³/mol. The molecule has 0 aliphatic carbocycles. The Morgan fingerprint density at radius 3 is 2.15 bits per heavy atom. The van der Waals surface area contributed by atoms with E-state index in [1.807, 2.05) is 0 Å². The third kappa shape index (κ3) is 1.49. The van der Waals surface area contributed by atoms with Crippen molar-refractivity contribution >= 4 is 17.8 Å². The van der Waals surface area contributed by atoms with E-state index in [4.69, 9.17) is 0 Å². The lowest BCUT2D eigenvalue weighted by molar-refractivity contribution is -0.142. The smallest absolute Gasteiger partial charge is 0.269 e. The molecule has 0 aromatic heterocycles. The number of amides is 4. The SMILES string of the molecule is CC(C(F)F)N1C(=O)NC(=O)C1=O. The molecule has 1 aliphatic heterocycles. The van der Waals surface area contributed by atoms with Gasteiger partial charge in [-0.2, -0.15) is 0 Å². The average molecular weight is 192 g/mol. The molecule has 13 heavy (non-hydrogen) atoms. The van der Waals surface area contributed by atoms with Crippen molar-refractivity contribution in [2.75, 3.05) is 0 Å². The van der Waals surface area contributed by atoms with Crippen LogP contribution in [0.1, 0.15) is 6.92 Å². The van der Waals surface area contributed by atoms with Crippen LogP contribution in [0.15, 0.2) is 0 Å². The molecule has 4 amide bonds. The molecule has 1 unspecified atom stereocenters. The summed E-state index contributed by atoms with van der Waals surface area (Å²) in [6, 6.07) is -2.68. The van der Waals surface area contributed by atoms with Gasteiger partial charge < -0.3 is 0 Å². The normalized spacial score (nSPS) is 19.7. The zero-order chi connectivity index (χ0) is 10.2. The summed E-state index contributed by atoms with van der Waals surface area (Å²) in [5.41, 5.74) is 0. The number of alkyl halides is 2. The van der Waals surface area contributed by atoms with Crippen LogP contribution in [0.25, 0.3) is 0 Å². The summed E-state index contributed by atoms with van der Waals surface area (Å²) in [4.78, 5) is 32.4. The Hall–Kier alpha value is -1.53. The molecule has 1 heterocycles. The maximum atomic E-state index is 12.1. The van der Waals surface area contributed by atoms with E-state index in [9.17, 15) is 23.2 Å². The Balaban J connectivity index is 2.86. The van der Waals surface area contributed by atoms with Crippen molar-refractivity contribution in [3.63, 3.8) is 0 Å². The highest BCUT2D eigenvalue weighted by Gasteiger charge is 2.42. The fourth-order valence-corrected chi connectivity index (χ4v) is 0.895. The van der Waals surface area contributed by atoms with Gasteiger partial charge in [-0.05, 0) is 6.92 Å². The standard InChI is InChI=1S/C6H6F2N2O3/c1-2(3(7)8)10-5(12)4(11)9-6(10)13/h2-3H,1H3,(H,9,11,13). The predicted octanol–water partition coefficient (Wildman–Crippen LogP) is -0.282. The molecule has 1 aliphatic rings. The largest absolute Gasteiger partial charge is 0.332 e. The summed E-state index contributed by atoms with van der Waals surface area (Å²) in [5, 5.41) is 1.62. The van der Waals surface area contributed by atoms with Crippen molar-refractivity contribution in [2.24, 2.45) is 0 Å². The number of nitrogens with zero attached hydrogens (tertiary/aromatic N) is 1. The van der Waals surface area contributed by atoms with Crippen molar-refractivity contribution in [2.45, 2.75) is 19.4 Å². The summed E-state index contributed by atoms with van der Waals surface area (Å²) in [5.74, 6) is -2.41. The summed E-state index contributed by atoms with van der Waals surface area (Å²) < 4.78 is 24.1. The first-order chi connectivity index (χ1) is 5.95. The van der Waals surface area contributed by atoms with Crippen LogP contribution >= 0.6 is 0 Å². The second-order valence-electron chi connectivity index (χ2n) is 2.51. The molecule has 0 spiro atoms. The summed E-state index contributed by atoms with van der Waals surface area (Å²) >= 11 is 0. The first kappa shape index (κ1) is 9.56. The number of imide groups is 2. The second kappa shape index (κ2) is 3.08. The van der Waals surface area contributed by atoms with E-state index < -0.39 is 30.3 Å². The molecule has 1 atom stereocenters. The van der Waals surface area contributed by atoms with Crippen LogP contribution in [0.3, 0.4) is 0 Å². The third-order valence-corrected chi connectivity index (χ3v) is 1.62. The molecule has 1 rings (SSSR count). The lowest BCUT2D eigenvalue weighted by Gasteiger charge is -2.18. The lowest BCUT2D eigenvalue weighted by Crippen LogP contribution is -2.42. The van der Waals surface area contributed by atoms with Crippen molar-refractivity contribution in [3.05, 3.63) is 0 Å². The molecule has 5 nitrogen and oxygen atoms in total. The lowest BCUT2D eigenvalue weighted by atomic mass is 10.3. The number of carbonyl (C=O) groups is 3. The minimum absolute atomic E-state index is 0.215. The van der Waals surface area contributed by atoms with Crippen molar-refractivity contribution < 1.29 is 23.2 Å². The van der Waals surface area contributed by atoms with E-state index in [2.05, 4.69) is 0 Å². The van der Waals surface area contributed by atoms with E-state index in [1.165, 1.54) is 0 Å². The van der Waals surface area contributed by atoms with Gasteiger partial charge in [0.1, 0.15) is 0 Å². The molecule has 0 radical (unpaired) electrons. The third-order valence-electron chi connectivity index (χ3n) is 1.62. The van der Waals surface area contributed by atoms with Crippen LogP contribution in [0, 0.1) is 0 Å². The Morgan fingerprint density at radius 1 is 1.31 bits per heavy atom. The number of hydrogen-bond acceptors (Lipinski definition) is 3. The number of hydrogen-bond donors (Lipinski definition) is 1. The fraction of sp³-hybridized carbons (Fsp3) is 0.500. The number of nitrogens with one attached hydrogen (secondary N) is 1. The molecular weight excluding hydrogens is 186 g/mol. The monoisotopic (exact) mass is 192 g/mol. The highest BCUT2D eigenvalue weighted by Crippen LogP contribution is 2.13. The van der Waals surface area contributed by atoms with Crippen molar-refractivity contribution in [1.29, 1.82) is 0 Å². The van der Waals surface area contributed by atoms with Crippen LogP contribution in [-0.2, 0) is 9.59 Å². The molecule has 0 saturated carbocycles. The molecule has 0 bridgehead atoms. The van der Waals surface area contributed by atoms with E-state index in [0.29, 0.717) is 0 Å². The topological polar surface area (TPSA) is 66.5 Å². The van der Waals surface area contributed by atoms with Gasteiger partial charge in [-0.3, -0.25) is 14.9 Å². The van der Waals surface area contributed by atoms with Crippen LogP contribution in [0.4, 0.5) is 13.6 Å². The van der Waals surface area contributed by atoms with Crippen molar-refractivity contribution in [1.82, 2.24) is 10.2 Å². The number of rotatable bonds is 2. The first-order valence-electron chi connectivity index (χ1n) is 3.41. The Morgan fingerprint density at radius 2 is 1.85 bits per heavy atom. The molecule has 1 N–H and O–H groups in total. The Labute approximate surface area is 71.7 Å². The minimum Gasteiger partial charge on any atom is -0.269 e. The molecule has 1 fully saturated rings. The maximum absolute atomic E-state index is 12.1. The average Bonchev–Trinajstić information content (AvgIpc) is 2.26. The van der Waals surface area contributed by atoms with E-state index in [1.54, 1.807) is 5.32 Å². The van der Waals surface area contributed by atoms with Gasteiger partial charge in [0.05, 0.1) is 6.04 Å². The molecule has 1 saturated heterocycles. The minimum atomic E-state index is -2.86. The first-order valence-corrected chi connectivity index (χ1v) is 3.41. The zero-order valence-electron chi connectivity index (χ0n) is 6.58. The van der Waals surface area contributed by atoms with E-state index in [0.717, 1.165) is 6.92 Å². The molecule has 0 aromatic carbocycles. The van der Waals surface area contributed by atoms with Gasteiger partial charge in [-0.25, -0.2) is 18.5 Å². The van der Waals surface area contributed by atoms with Gasteiger partial charge in [0.2, 0.25) is 0 Å². The van der Waals surface area contributed by atoms with Crippen LogP contribution in [0.2, 0.25) is 0 Å². The van der Waals surface area contributed by atoms with Gasteiger partial charge in [0.15, 0.2) is 0 Å². The Kier molecular flexibility index (Phi) is 2.26. The molecule has 7 heteroatoms.